The van der Waals surface area contributed by atoms with Gasteiger partial charge in [-0.3, -0.25) is 9.36 Å². The molecule has 0 radical (unpaired) electrons. The molecule has 1 aromatic heterocycles. The first kappa shape index (κ1) is 17.0. The molecular formula is C17H22N2O4. The Morgan fingerprint density at radius 1 is 1.26 bits per heavy atom. The van der Waals surface area contributed by atoms with Crippen molar-refractivity contribution in [2.45, 2.75) is 38.8 Å². The number of benzene rings is 1. The summed E-state index contributed by atoms with van der Waals surface area (Å²) in [6.45, 7) is 5.47. The molecular weight excluding hydrogens is 296 g/mol. The van der Waals surface area contributed by atoms with E-state index in [4.69, 9.17) is 10.5 Å². The molecule has 2 aromatic rings. The maximum atomic E-state index is 12.2. The largest absolute Gasteiger partial charge is 0.468 e. The first-order valence-electron chi connectivity index (χ1n) is 7.38. The molecule has 0 spiro atoms. The Hall–Kier alpha value is -2.34. The van der Waals surface area contributed by atoms with Gasteiger partial charge in [0.1, 0.15) is 11.6 Å². The molecule has 6 heteroatoms. The van der Waals surface area contributed by atoms with Crippen LogP contribution in [0.2, 0.25) is 0 Å². The summed E-state index contributed by atoms with van der Waals surface area (Å²) < 4.78 is 11.5. The number of hydrogen-bond donors (Lipinski definition) is 1. The predicted molar refractivity (Wildman–Crippen MR) is 87.3 cm³/mol. The fourth-order valence-corrected chi connectivity index (χ4v) is 2.28. The van der Waals surface area contributed by atoms with Gasteiger partial charge in [-0.05, 0) is 51.0 Å². The lowest BCUT2D eigenvalue weighted by Gasteiger charge is -2.19. The average Bonchev–Trinajstić information content (AvgIpc) is 2.87. The van der Waals surface area contributed by atoms with Gasteiger partial charge in [-0.25, -0.2) is 4.79 Å². The van der Waals surface area contributed by atoms with Crippen molar-refractivity contribution in [2.75, 3.05) is 7.11 Å². The highest BCUT2D eigenvalue weighted by Crippen LogP contribution is 2.20. The lowest BCUT2D eigenvalue weighted by molar-refractivity contribution is -0.142. The van der Waals surface area contributed by atoms with Crippen molar-refractivity contribution in [2.24, 2.45) is 5.73 Å². The molecule has 23 heavy (non-hydrogen) atoms. The van der Waals surface area contributed by atoms with Crippen LogP contribution in [0.3, 0.4) is 0 Å². The molecule has 0 saturated heterocycles. The Morgan fingerprint density at radius 2 is 1.96 bits per heavy atom. The van der Waals surface area contributed by atoms with Crippen molar-refractivity contribution in [3.63, 3.8) is 0 Å². The Morgan fingerprint density at radius 3 is 2.57 bits per heavy atom. The molecule has 1 atom stereocenters. The summed E-state index contributed by atoms with van der Waals surface area (Å²) in [5.41, 5.74) is 6.86. The van der Waals surface area contributed by atoms with Gasteiger partial charge < -0.3 is 15.2 Å². The summed E-state index contributed by atoms with van der Waals surface area (Å²) in [5, 5.41) is 0.880. The quantitative estimate of drug-likeness (QED) is 0.879. The number of carbonyl (C=O) groups excluding carboxylic acids is 2. The SMILES string of the molecule is COC(=O)[C@H](N)Cc1ccc2c(ccn2C(=O)OC(C)(C)C)c1. The zero-order valence-corrected chi connectivity index (χ0v) is 13.8. The summed E-state index contributed by atoms with van der Waals surface area (Å²) in [5.74, 6) is -0.448. The van der Waals surface area contributed by atoms with E-state index in [0.29, 0.717) is 6.42 Å². The van der Waals surface area contributed by atoms with Crippen LogP contribution < -0.4 is 5.73 Å². The first-order chi connectivity index (χ1) is 10.7. The Kier molecular flexibility index (Phi) is 4.75. The second kappa shape index (κ2) is 6.42. The van der Waals surface area contributed by atoms with Crippen LogP contribution in [0.1, 0.15) is 26.3 Å². The summed E-state index contributed by atoms with van der Waals surface area (Å²) in [6.07, 6.45) is 1.62. The second-order valence-electron chi connectivity index (χ2n) is 6.39. The smallest absolute Gasteiger partial charge is 0.418 e. The van der Waals surface area contributed by atoms with Gasteiger partial charge in [-0.1, -0.05) is 6.07 Å². The average molecular weight is 318 g/mol. The van der Waals surface area contributed by atoms with Crippen LogP contribution in [-0.4, -0.2) is 35.4 Å². The van der Waals surface area contributed by atoms with Crippen molar-refractivity contribution >= 4 is 23.0 Å². The number of nitrogens with two attached hydrogens (primary N) is 1. The number of methoxy groups -OCH3 is 1. The van der Waals surface area contributed by atoms with E-state index in [2.05, 4.69) is 4.74 Å². The molecule has 0 unspecified atom stereocenters. The zero-order chi connectivity index (χ0) is 17.2. The highest BCUT2D eigenvalue weighted by Gasteiger charge is 2.19. The standard InChI is InChI=1S/C17H22N2O4/c1-17(2,3)23-16(21)19-8-7-12-9-11(5-6-14(12)19)10-13(18)15(20)22-4/h5-9,13H,10,18H2,1-4H3/t13-/m1/s1. The second-order valence-corrected chi connectivity index (χ2v) is 6.39. The number of esters is 1. The third-order valence-electron chi connectivity index (χ3n) is 3.30. The summed E-state index contributed by atoms with van der Waals surface area (Å²) in [7, 11) is 1.31. The van der Waals surface area contributed by atoms with E-state index in [0.717, 1.165) is 16.5 Å². The van der Waals surface area contributed by atoms with Crippen LogP contribution >= 0.6 is 0 Å². The van der Waals surface area contributed by atoms with Gasteiger partial charge in [0, 0.05) is 11.6 Å². The van der Waals surface area contributed by atoms with E-state index >= 15 is 0 Å². The van der Waals surface area contributed by atoms with Crippen LogP contribution in [0.5, 0.6) is 0 Å². The molecule has 0 fully saturated rings. The Balaban J connectivity index is 2.23. The van der Waals surface area contributed by atoms with Gasteiger partial charge in [0.05, 0.1) is 12.6 Å². The van der Waals surface area contributed by atoms with E-state index in [-0.39, 0.29) is 0 Å². The molecule has 0 aliphatic heterocycles. The summed E-state index contributed by atoms with van der Waals surface area (Å²) >= 11 is 0. The van der Waals surface area contributed by atoms with Gasteiger partial charge in [0.15, 0.2) is 0 Å². The molecule has 0 amide bonds. The van der Waals surface area contributed by atoms with E-state index in [1.165, 1.54) is 11.7 Å². The topological polar surface area (TPSA) is 83.5 Å². The molecule has 0 aliphatic carbocycles. The molecule has 1 heterocycles. The highest BCUT2D eigenvalue weighted by molar-refractivity contribution is 5.90. The molecule has 0 aliphatic rings. The summed E-state index contributed by atoms with van der Waals surface area (Å²) in [6, 6.07) is 6.68. The summed E-state index contributed by atoms with van der Waals surface area (Å²) in [4.78, 5) is 23.6. The number of rotatable bonds is 3. The number of nitrogens with zero attached hydrogens (tertiary/aromatic N) is 1. The van der Waals surface area contributed by atoms with Gasteiger partial charge >= 0.3 is 12.1 Å². The molecule has 124 valence electrons. The fourth-order valence-electron chi connectivity index (χ4n) is 2.28. The predicted octanol–water partition coefficient (Wildman–Crippen LogP) is 2.47. The number of aromatic nitrogens is 1. The third-order valence-corrected chi connectivity index (χ3v) is 3.30. The number of ether oxygens (including phenoxy) is 2. The van der Waals surface area contributed by atoms with Crippen LogP contribution in [0.4, 0.5) is 4.79 Å². The Labute approximate surface area is 135 Å². The number of carbonyl (C=O) groups is 2. The van der Waals surface area contributed by atoms with E-state index in [1.54, 1.807) is 6.20 Å². The van der Waals surface area contributed by atoms with Crippen LogP contribution in [-0.2, 0) is 20.7 Å². The molecule has 2 rings (SSSR count). The first-order valence-corrected chi connectivity index (χ1v) is 7.38. The molecule has 0 saturated carbocycles. The normalized spacial score (nSPS) is 12.9. The number of hydrogen-bond acceptors (Lipinski definition) is 5. The maximum absolute atomic E-state index is 12.2. The van der Waals surface area contributed by atoms with Gasteiger partial charge in [0.25, 0.3) is 0 Å². The maximum Gasteiger partial charge on any atom is 0.418 e. The molecule has 2 N–H and O–H groups in total. The Bertz CT molecular complexity index is 728. The minimum absolute atomic E-state index is 0.375. The van der Waals surface area contributed by atoms with E-state index < -0.39 is 23.7 Å². The number of fused-ring (bicyclic) bond motifs is 1. The third kappa shape index (κ3) is 4.10. The van der Waals surface area contributed by atoms with Crippen molar-refractivity contribution in [3.8, 4) is 0 Å². The van der Waals surface area contributed by atoms with Crippen LogP contribution in [0.15, 0.2) is 30.5 Å². The lowest BCUT2D eigenvalue weighted by atomic mass is 10.0. The lowest BCUT2D eigenvalue weighted by Crippen LogP contribution is -2.33. The van der Waals surface area contributed by atoms with Gasteiger partial charge in [-0.2, -0.15) is 0 Å². The van der Waals surface area contributed by atoms with Gasteiger partial charge in [0.2, 0.25) is 0 Å². The molecule has 0 bridgehead atoms. The highest BCUT2D eigenvalue weighted by atomic mass is 16.6. The van der Waals surface area contributed by atoms with Crippen molar-refractivity contribution in [1.29, 1.82) is 0 Å². The fraction of sp³-hybridized carbons (Fsp3) is 0.412. The van der Waals surface area contributed by atoms with Gasteiger partial charge in [-0.15, -0.1) is 0 Å². The molecule has 1 aromatic carbocycles. The van der Waals surface area contributed by atoms with Crippen molar-refractivity contribution in [3.05, 3.63) is 36.0 Å². The van der Waals surface area contributed by atoms with Crippen LogP contribution in [0, 0.1) is 0 Å². The van der Waals surface area contributed by atoms with Crippen molar-refractivity contribution < 1.29 is 19.1 Å². The molecule has 6 nitrogen and oxygen atoms in total. The zero-order valence-electron chi connectivity index (χ0n) is 13.8. The minimum atomic E-state index is -0.703. The van der Waals surface area contributed by atoms with Crippen molar-refractivity contribution in [1.82, 2.24) is 4.57 Å². The van der Waals surface area contributed by atoms with E-state index in [9.17, 15) is 9.59 Å². The van der Waals surface area contributed by atoms with Crippen LogP contribution in [0.25, 0.3) is 10.9 Å². The monoisotopic (exact) mass is 318 g/mol. The minimum Gasteiger partial charge on any atom is -0.468 e. The van der Waals surface area contributed by atoms with E-state index in [1.807, 2.05) is 45.0 Å².